The molecule has 0 radical (unpaired) electrons. The zero-order chi connectivity index (χ0) is 14.3. The van der Waals surface area contributed by atoms with Crippen molar-refractivity contribution >= 4 is 0 Å². The Morgan fingerprint density at radius 1 is 1.11 bits per heavy atom. The molecule has 1 rings (SSSR count). The Labute approximate surface area is 117 Å². The molecular formula is C16H27NO2. The van der Waals surface area contributed by atoms with Crippen LogP contribution in [-0.2, 0) is 22.6 Å². The third-order valence-electron chi connectivity index (χ3n) is 2.78. The van der Waals surface area contributed by atoms with Gasteiger partial charge in [-0.15, -0.1) is 0 Å². The van der Waals surface area contributed by atoms with Crippen molar-refractivity contribution in [1.82, 2.24) is 5.32 Å². The summed E-state index contributed by atoms with van der Waals surface area (Å²) in [6, 6.07) is 8.55. The van der Waals surface area contributed by atoms with Crippen LogP contribution < -0.4 is 5.32 Å². The molecule has 0 aliphatic carbocycles. The Morgan fingerprint density at radius 2 is 1.68 bits per heavy atom. The van der Waals surface area contributed by atoms with Crippen molar-refractivity contribution in [3.63, 3.8) is 0 Å². The topological polar surface area (TPSA) is 30.5 Å². The first-order valence-electron chi connectivity index (χ1n) is 6.84. The molecule has 0 saturated heterocycles. The molecule has 0 saturated carbocycles. The molecule has 1 atom stereocenters. The van der Waals surface area contributed by atoms with Crippen molar-refractivity contribution < 1.29 is 9.47 Å². The van der Waals surface area contributed by atoms with Crippen LogP contribution in [0.2, 0.25) is 0 Å². The van der Waals surface area contributed by atoms with Crippen LogP contribution in [0.15, 0.2) is 24.3 Å². The van der Waals surface area contributed by atoms with Gasteiger partial charge in [0, 0.05) is 19.2 Å². The van der Waals surface area contributed by atoms with Gasteiger partial charge in [0.2, 0.25) is 0 Å². The summed E-state index contributed by atoms with van der Waals surface area (Å²) in [5.41, 5.74) is 2.64. The van der Waals surface area contributed by atoms with Crippen molar-refractivity contribution in [1.29, 1.82) is 0 Å². The van der Waals surface area contributed by atoms with Crippen LogP contribution in [0.3, 0.4) is 0 Å². The molecule has 0 amide bonds. The van der Waals surface area contributed by atoms with Crippen LogP contribution >= 0.6 is 0 Å². The van der Waals surface area contributed by atoms with Crippen molar-refractivity contribution in [2.75, 3.05) is 13.7 Å². The molecule has 0 aliphatic rings. The Bertz CT molecular complexity index is 354. The summed E-state index contributed by atoms with van der Waals surface area (Å²) >= 11 is 0. The fraction of sp³-hybridized carbons (Fsp3) is 0.625. The molecule has 1 aromatic rings. The van der Waals surface area contributed by atoms with Crippen LogP contribution in [0.25, 0.3) is 0 Å². The van der Waals surface area contributed by atoms with Gasteiger partial charge < -0.3 is 14.8 Å². The van der Waals surface area contributed by atoms with E-state index in [1.165, 1.54) is 11.1 Å². The highest BCUT2D eigenvalue weighted by molar-refractivity contribution is 5.22. The van der Waals surface area contributed by atoms with Gasteiger partial charge in [0.25, 0.3) is 0 Å². The molecule has 0 aromatic heterocycles. The van der Waals surface area contributed by atoms with Gasteiger partial charge in [-0.2, -0.15) is 0 Å². The second-order valence-corrected chi connectivity index (χ2v) is 6.00. The largest absolute Gasteiger partial charge is 0.382 e. The maximum atomic E-state index is 5.68. The van der Waals surface area contributed by atoms with Crippen LogP contribution in [0.5, 0.6) is 0 Å². The van der Waals surface area contributed by atoms with Crippen LogP contribution in [0.1, 0.15) is 38.8 Å². The standard InChI is InChI=1S/C16H27NO2/c1-13(11-18-5)19-12-15-8-6-14(7-9-15)10-17-16(2,3)4/h6-9,13,17H,10-12H2,1-5H3. The number of hydrogen-bond acceptors (Lipinski definition) is 3. The van der Waals surface area contributed by atoms with Gasteiger partial charge in [0.05, 0.1) is 19.3 Å². The predicted molar refractivity (Wildman–Crippen MR) is 79.2 cm³/mol. The highest BCUT2D eigenvalue weighted by atomic mass is 16.5. The first-order chi connectivity index (χ1) is 8.90. The quantitative estimate of drug-likeness (QED) is 0.821. The van der Waals surface area contributed by atoms with E-state index in [0.29, 0.717) is 13.2 Å². The van der Waals surface area contributed by atoms with Gasteiger partial charge in [0.1, 0.15) is 0 Å². The molecule has 3 heteroatoms. The van der Waals surface area contributed by atoms with E-state index in [2.05, 4.69) is 50.4 Å². The van der Waals surface area contributed by atoms with Crippen molar-refractivity contribution in [2.45, 2.75) is 52.5 Å². The molecule has 1 aromatic carbocycles. The van der Waals surface area contributed by atoms with E-state index >= 15 is 0 Å². The van der Waals surface area contributed by atoms with Gasteiger partial charge in [-0.1, -0.05) is 24.3 Å². The minimum absolute atomic E-state index is 0.132. The third-order valence-corrected chi connectivity index (χ3v) is 2.78. The SMILES string of the molecule is COCC(C)OCc1ccc(CNC(C)(C)C)cc1. The lowest BCUT2D eigenvalue weighted by Crippen LogP contribution is -2.35. The van der Waals surface area contributed by atoms with Gasteiger partial charge in [-0.25, -0.2) is 0 Å². The average molecular weight is 265 g/mol. The fourth-order valence-corrected chi connectivity index (χ4v) is 1.64. The van der Waals surface area contributed by atoms with Crippen molar-refractivity contribution in [3.05, 3.63) is 35.4 Å². The molecule has 19 heavy (non-hydrogen) atoms. The highest BCUT2D eigenvalue weighted by Crippen LogP contribution is 2.09. The van der Waals surface area contributed by atoms with E-state index in [4.69, 9.17) is 9.47 Å². The molecule has 3 nitrogen and oxygen atoms in total. The number of methoxy groups -OCH3 is 1. The first-order valence-corrected chi connectivity index (χ1v) is 6.84. The van der Waals surface area contributed by atoms with Crippen LogP contribution in [0, 0.1) is 0 Å². The maximum absolute atomic E-state index is 5.68. The summed E-state index contributed by atoms with van der Waals surface area (Å²) in [7, 11) is 1.69. The third kappa shape index (κ3) is 7.31. The van der Waals surface area contributed by atoms with E-state index < -0.39 is 0 Å². The molecule has 0 fully saturated rings. The second-order valence-electron chi connectivity index (χ2n) is 6.00. The predicted octanol–water partition coefficient (Wildman–Crippen LogP) is 3.13. The normalized spacial score (nSPS) is 13.5. The molecule has 1 unspecified atom stereocenters. The van der Waals surface area contributed by atoms with E-state index in [-0.39, 0.29) is 11.6 Å². The first kappa shape index (κ1) is 16.2. The summed E-state index contributed by atoms with van der Waals surface area (Å²) in [4.78, 5) is 0. The minimum atomic E-state index is 0.132. The second kappa shape index (κ2) is 7.63. The lowest BCUT2D eigenvalue weighted by atomic mass is 10.1. The average Bonchev–Trinajstić information content (AvgIpc) is 2.34. The van der Waals surface area contributed by atoms with Crippen molar-refractivity contribution in [2.24, 2.45) is 0 Å². The molecule has 0 bridgehead atoms. The number of hydrogen-bond donors (Lipinski definition) is 1. The van der Waals surface area contributed by atoms with Gasteiger partial charge in [0.15, 0.2) is 0 Å². The van der Waals surface area contributed by atoms with E-state index in [9.17, 15) is 0 Å². The smallest absolute Gasteiger partial charge is 0.0784 e. The number of rotatable bonds is 7. The summed E-state index contributed by atoms with van der Waals surface area (Å²) in [5, 5.41) is 3.48. The van der Waals surface area contributed by atoms with E-state index in [0.717, 1.165) is 6.54 Å². The zero-order valence-corrected chi connectivity index (χ0v) is 12.8. The highest BCUT2D eigenvalue weighted by Gasteiger charge is 2.08. The summed E-state index contributed by atoms with van der Waals surface area (Å²) < 4.78 is 10.7. The summed E-state index contributed by atoms with van der Waals surface area (Å²) in [6.07, 6.45) is 0.132. The van der Waals surface area contributed by atoms with Gasteiger partial charge in [-0.3, -0.25) is 0 Å². The Hall–Kier alpha value is -0.900. The number of nitrogens with one attached hydrogen (secondary N) is 1. The number of benzene rings is 1. The van der Waals surface area contributed by atoms with Gasteiger partial charge >= 0.3 is 0 Å². The number of ether oxygens (including phenoxy) is 2. The molecule has 0 heterocycles. The lowest BCUT2D eigenvalue weighted by molar-refractivity contribution is -0.000129. The minimum Gasteiger partial charge on any atom is -0.382 e. The van der Waals surface area contributed by atoms with Crippen molar-refractivity contribution in [3.8, 4) is 0 Å². The van der Waals surface area contributed by atoms with Gasteiger partial charge in [-0.05, 0) is 38.8 Å². The lowest BCUT2D eigenvalue weighted by Gasteiger charge is -2.20. The molecule has 108 valence electrons. The van der Waals surface area contributed by atoms with Crippen LogP contribution in [-0.4, -0.2) is 25.4 Å². The summed E-state index contributed by atoms with van der Waals surface area (Å²) in [6.45, 7) is 10.7. The van der Waals surface area contributed by atoms with E-state index in [1.807, 2.05) is 6.92 Å². The van der Waals surface area contributed by atoms with E-state index in [1.54, 1.807) is 7.11 Å². The molecule has 0 spiro atoms. The Morgan fingerprint density at radius 3 is 2.21 bits per heavy atom. The Balaban J connectivity index is 2.39. The fourth-order valence-electron chi connectivity index (χ4n) is 1.64. The van der Waals surface area contributed by atoms with Crippen LogP contribution in [0.4, 0.5) is 0 Å². The summed E-state index contributed by atoms with van der Waals surface area (Å²) in [5.74, 6) is 0. The molecule has 0 aliphatic heterocycles. The zero-order valence-electron chi connectivity index (χ0n) is 12.8. The molecular weight excluding hydrogens is 238 g/mol. The Kier molecular flexibility index (Phi) is 6.49. The molecule has 1 N–H and O–H groups in total. The monoisotopic (exact) mass is 265 g/mol. The maximum Gasteiger partial charge on any atom is 0.0784 e.